The topological polar surface area (TPSA) is 135 Å². The zero-order valence-electron chi connectivity index (χ0n) is 24.9. The lowest BCUT2D eigenvalue weighted by Crippen LogP contribution is -2.40. The summed E-state index contributed by atoms with van der Waals surface area (Å²) >= 11 is 6.53. The number of nitrogens with zero attached hydrogens (tertiary/aromatic N) is 5. The Morgan fingerprint density at radius 1 is 0.844 bits per heavy atom. The molecule has 4 heterocycles. The fourth-order valence-corrected chi connectivity index (χ4v) is 6.41. The van der Waals surface area contributed by atoms with E-state index in [1.807, 2.05) is 36.4 Å². The maximum absolute atomic E-state index is 12.2. The summed E-state index contributed by atoms with van der Waals surface area (Å²) in [4.78, 5) is 51.7. The Morgan fingerprint density at radius 2 is 1.42 bits per heavy atom. The molecule has 0 spiro atoms. The lowest BCUT2D eigenvalue weighted by atomic mass is 9.84. The van der Waals surface area contributed by atoms with E-state index in [0.29, 0.717) is 30.1 Å². The van der Waals surface area contributed by atoms with Gasteiger partial charge in [0.15, 0.2) is 35.4 Å². The molecule has 6 rings (SSSR count). The fraction of sp³-hybridized carbons (Fsp3) is 0.375. The Labute approximate surface area is 264 Å². The van der Waals surface area contributed by atoms with Gasteiger partial charge >= 0.3 is 17.9 Å². The minimum absolute atomic E-state index is 0.00583. The minimum atomic E-state index is -1.10. The molecule has 4 unspecified atom stereocenters. The van der Waals surface area contributed by atoms with Crippen molar-refractivity contribution in [2.24, 2.45) is 0 Å². The van der Waals surface area contributed by atoms with Gasteiger partial charge < -0.3 is 23.8 Å². The molecule has 4 aromatic rings. The van der Waals surface area contributed by atoms with Crippen LogP contribution in [0.1, 0.15) is 50.0 Å². The van der Waals surface area contributed by atoms with Gasteiger partial charge in [0.2, 0.25) is 5.28 Å². The third kappa shape index (κ3) is 6.34. The summed E-state index contributed by atoms with van der Waals surface area (Å²) in [6, 6.07) is 20.7. The SMILES string of the molecule is CC(=O)OC[C@H]1O[C@@H](n2cnc3c(N4CC(c5ccccc5)C(c5ccccc5)C4)nc(Cl)nc32)C(OC(C)=O)C1OC(C)=O. The third-order valence-electron chi connectivity index (χ3n) is 8.07. The highest BCUT2D eigenvalue weighted by atomic mass is 35.5. The summed E-state index contributed by atoms with van der Waals surface area (Å²) in [6.07, 6.45) is -2.63. The highest BCUT2D eigenvalue weighted by Gasteiger charge is 2.51. The highest BCUT2D eigenvalue weighted by Crippen LogP contribution is 2.43. The molecule has 0 bridgehead atoms. The van der Waals surface area contributed by atoms with Gasteiger partial charge in [0.25, 0.3) is 0 Å². The average molecular weight is 634 g/mol. The summed E-state index contributed by atoms with van der Waals surface area (Å²) < 4.78 is 24.1. The Bertz CT molecular complexity index is 1650. The lowest BCUT2D eigenvalue weighted by molar-refractivity contribution is -0.166. The highest BCUT2D eigenvalue weighted by molar-refractivity contribution is 6.28. The van der Waals surface area contributed by atoms with Gasteiger partial charge in [-0.15, -0.1) is 0 Å². The van der Waals surface area contributed by atoms with Crippen LogP contribution >= 0.6 is 11.6 Å². The number of fused-ring (bicyclic) bond motifs is 1. The first-order chi connectivity index (χ1) is 21.7. The molecule has 2 aliphatic heterocycles. The number of imidazole rings is 1. The molecular weight excluding hydrogens is 602 g/mol. The number of esters is 3. The molecule has 2 fully saturated rings. The Hall–Kier alpha value is -4.55. The van der Waals surface area contributed by atoms with Gasteiger partial charge in [-0.2, -0.15) is 9.97 Å². The molecular formula is C32H32ClN5O7. The second kappa shape index (κ2) is 12.8. The smallest absolute Gasteiger partial charge is 0.303 e. The zero-order chi connectivity index (χ0) is 31.7. The average Bonchev–Trinajstić information content (AvgIpc) is 3.72. The monoisotopic (exact) mass is 633 g/mol. The summed E-state index contributed by atoms with van der Waals surface area (Å²) in [5.74, 6) is -0.869. The Kier molecular flexibility index (Phi) is 8.68. The molecule has 45 heavy (non-hydrogen) atoms. The molecule has 0 amide bonds. The normalized spacial score (nSPS) is 24.5. The zero-order valence-corrected chi connectivity index (χ0v) is 25.7. The van der Waals surface area contributed by atoms with Crippen LogP contribution in [0, 0.1) is 0 Å². The van der Waals surface area contributed by atoms with Crippen molar-refractivity contribution in [1.29, 1.82) is 0 Å². The van der Waals surface area contributed by atoms with Crippen molar-refractivity contribution >= 4 is 46.5 Å². The van der Waals surface area contributed by atoms with E-state index < -0.39 is 42.4 Å². The number of aromatic nitrogens is 4. The standard InChI is InChI=1S/C32H32ClN5O7/c1-18(39)42-16-25-27(43-19(2)40)28(44-20(3)41)31(45-25)38-17-34-26-29(35-32(33)36-30(26)38)37-14-23(21-10-6-4-7-11-21)24(15-37)22-12-8-5-9-13-22/h4-13,17,23-25,27-28,31H,14-16H2,1-3H3/t23?,24?,25-,27?,28?,31-/m1/s1. The van der Waals surface area contributed by atoms with E-state index in [0.717, 1.165) is 0 Å². The summed E-state index contributed by atoms with van der Waals surface area (Å²) in [5, 5.41) is -0.00583. The van der Waals surface area contributed by atoms with Crippen LogP contribution in [0.4, 0.5) is 5.82 Å². The van der Waals surface area contributed by atoms with E-state index in [-0.39, 0.29) is 23.7 Å². The van der Waals surface area contributed by atoms with E-state index >= 15 is 0 Å². The van der Waals surface area contributed by atoms with Crippen molar-refractivity contribution in [3.63, 3.8) is 0 Å². The first-order valence-electron chi connectivity index (χ1n) is 14.6. The lowest BCUT2D eigenvalue weighted by Gasteiger charge is -2.24. The van der Waals surface area contributed by atoms with Crippen LogP contribution in [0.3, 0.4) is 0 Å². The van der Waals surface area contributed by atoms with Gasteiger partial charge in [0.1, 0.15) is 12.7 Å². The molecule has 2 saturated heterocycles. The second-order valence-electron chi connectivity index (χ2n) is 11.1. The molecule has 0 saturated carbocycles. The maximum atomic E-state index is 12.2. The van der Waals surface area contributed by atoms with Crippen molar-refractivity contribution < 1.29 is 33.3 Å². The second-order valence-corrected chi connectivity index (χ2v) is 11.4. The molecule has 13 heteroatoms. The molecule has 2 aromatic carbocycles. The maximum Gasteiger partial charge on any atom is 0.303 e. The van der Waals surface area contributed by atoms with Crippen LogP contribution < -0.4 is 4.90 Å². The summed E-state index contributed by atoms with van der Waals surface area (Å²) in [7, 11) is 0. The first-order valence-corrected chi connectivity index (χ1v) is 15.0. The summed E-state index contributed by atoms with van der Waals surface area (Å²) in [6.45, 7) is 4.81. The molecule has 234 valence electrons. The number of rotatable bonds is 8. The minimum Gasteiger partial charge on any atom is -0.463 e. The van der Waals surface area contributed by atoms with Crippen molar-refractivity contribution in [2.45, 2.75) is 57.1 Å². The Balaban J connectivity index is 1.39. The number of anilines is 1. The molecule has 6 atom stereocenters. The first kappa shape index (κ1) is 30.5. The van der Waals surface area contributed by atoms with Crippen LogP contribution in [0.2, 0.25) is 5.28 Å². The molecule has 0 N–H and O–H groups in total. The number of carbonyl (C=O) groups excluding carboxylic acids is 3. The quantitative estimate of drug-likeness (QED) is 0.157. The van der Waals surface area contributed by atoms with E-state index in [9.17, 15) is 14.4 Å². The van der Waals surface area contributed by atoms with E-state index in [2.05, 4.69) is 44.1 Å². The van der Waals surface area contributed by atoms with Crippen molar-refractivity contribution in [3.8, 4) is 0 Å². The molecule has 0 radical (unpaired) electrons. The van der Waals surface area contributed by atoms with Crippen molar-refractivity contribution in [2.75, 3.05) is 24.6 Å². The van der Waals surface area contributed by atoms with Gasteiger partial charge in [-0.3, -0.25) is 19.0 Å². The third-order valence-corrected chi connectivity index (χ3v) is 8.23. The van der Waals surface area contributed by atoms with Crippen LogP contribution in [0.15, 0.2) is 67.0 Å². The van der Waals surface area contributed by atoms with Crippen LogP contribution in [-0.2, 0) is 33.3 Å². The largest absolute Gasteiger partial charge is 0.463 e. The van der Waals surface area contributed by atoms with E-state index in [1.165, 1.54) is 38.2 Å². The van der Waals surface area contributed by atoms with Crippen molar-refractivity contribution in [3.05, 3.63) is 83.4 Å². The van der Waals surface area contributed by atoms with E-state index in [1.54, 1.807) is 4.57 Å². The van der Waals surface area contributed by atoms with Crippen LogP contribution in [0.25, 0.3) is 11.2 Å². The van der Waals surface area contributed by atoms with Crippen LogP contribution in [-0.4, -0.2) is 75.4 Å². The summed E-state index contributed by atoms with van der Waals surface area (Å²) in [5.41, 5.74) is 3.24. The van der Waals surface area contributed by atoms with Gasteiger partial charge in [-0.25, -0.2) is 4.98 Å². The number of hydrogen-bond donors (Lipinski definition) is 0. The van der Waals surface area contributed by atoms with Crippen LogP contribution in [0.5, 0.6) is 0 Å². The predicted molar refractivity (Wildman–Crippen MR) is 163 cm³/mol. The van der Waals surface area contributed by atoms with E-state index in [4.69, 9.17) is 30.5 Å². The number of carbonyl (C=O) groups is 3. The fourth-order valence-electron chi connectivity index (χ4n) is 6.25. The number of ether oxygens (including phenoxy) is 4. The predicted octanol–water partition coefficient (Wildman–Crippen LogP) is 4.19. The number of halogens is 1. The molecule has 12 nitrogen and oxygen atoms in total. The number of hydrogen-bond acceptors (Lipinski definition) is 11. The van der Waals surface area contributed by atoms with Gasteiger partial charge in [-0.05, 0) is 22.7 Å². The van der Waals surface area contributed by atoms with Gasteiger partial charge in [0, 0.05) is 45.7 Å². The Morgan fingerprint density at radius 3 is 1.98 bits per heavy atom. The molecule has 2 aliphatic rings. The van der Waals surface area contributed by atoms with Gasteiger partial charge in [0.05, 0.1) is 6.33 Å². The van der Waals surface area contributed by atoms with Crippen molar-refractivity contribution in [1.82, 2.24) is 19.5 Å². The molecule has 2 aromatic heterocycles. The van der Waals surface area contributed by atoms with Gasteiger partial charge in [-0.1, -0.05) is 60.7 Å². The molecule has 0 aliphatic carbocycles. The number of benzene rings is 2.